The third-order valence-corrected chi connectivity index (χ3v) is 4.20. The van der Waals surface area contributed by atoms with Gasteiger partial charge in [0.25, 0.3) is 5.56 Å². The van der Waals surface area contributed by atoms with Gasteiger partial charge in [0.15, 0.2) is 0 Å². The average Bonchev–Trinajstić information content (AvgIpc) is 2.72. The summed E-state index contributed by atoms with van der Waals surface area (Å²) in [6.45, 7) is 8.05. The summed E-state index contributed by atoms with van der Waals surface area (Å²) < 4.78 is 10.5. The molecule has 2 rings (SSSR count). The number of rotatable bonds is 8. The highest BCUT2D eigenvalue weighted by Gasteiger charge is 2.18. The summed E-state index contributed by atoms with van der Waals surface area (Å²) in [4.78, 5) is 43.5. The fraction of sp³-hybridized carbons (Fsp3) is 0.429. The van der Waals surface area contributed by atoms with E-state index in [0.29, 0.717) is 53.5 Å². The number of ether oxygens (including phenoxy) is 2. The van der Waals surface area contributed by atoms with Gasteiger partial charge in [-0.1, -0.05) is 20.8 Å². The molecule has 156 valence electrons. The van der Waals surface area contributed by atoms with Crippen LogP contribution in [0.3, 0.4) is 0 Å². The van der Waals surface area contributed by atoms with Crippen molar-refractivity contribution in [3.63, 3.8) is 0 Å². The summed E-state index contributed by atoms with van der Waals surface area (Å²) >= 11 is 0. The van der Waals surface area contributed by atoms with Gasteiger partial charge in [-0.05, 0) is 44.4 Å². The molecule has 29 heavy (non-hydrogen) atoms. The highest BCUT2D eigenvalue weighted by atomic mass is 16.5. The second-order valence-corrected chi connectivity index (χ2v) is 6.28. The molecule has 0 fully saturated rings. The van der Waals surface area contributed by atoms with Gasteiger partial charge in [-0.3, -0.25) is 9.59 Å². The van der Waals surface area contributed by atoms with Gasteiger partial charge in [0, 0.05) is 11.3 Å². The van der Waals surface area contributed by atoms with Crippen LogP contribution in [0.5, 0.6) is 5.75 Å². The lowest BCUT2D eigenvalue weighted by Crippen LogP contribution is -2.25. The van der Waals surface area contributed by atoms with Crippen molar-refractivity contribution >= 4 is 17.6 Å². The summed E-state index contributed by atoms with van der Waals surface area (Å²) in [5.74, 6) is -0.970. The van der Waals surface area contributed by atoms with Crippen LogP contribution in [-0.2, 0) is 27.2 Å². The minimum Gasteiger partial charge on any atom is -0.493 e. The monoisotopic (exact) mass is 401 g/mol. The minimum absolute atomic E-state index is 0.107. The Morgan fingerprint density at radius 3 is 2.52 bits per heavy atom. The molecule has 1 aromatic carbocycles. The molecule has 1 aromatic heterocycles. The van der Waals surface area contributed by atoms with Crippen molar-refractivity contribution in [3.8, 4) is 17.1 Å². The van der Waals surface area contributed by atoms with Crippen molar-refractivity contribution < 1.29 is 19.1 Å². The maximum atomic E-state index is 12.5. The molecule has 0 aliphatic heterocycles. The van der Waals surface area contributed by atoms with Crippen LogP contribution in [-0.4, -0.2) is 35.1 Å². The van der Waals surface area contributed by atoms with Gasteiger partial charge in [0.1, 0.15) is 11.6 Å². The Labute approximate surface area is 169 Å². The molecule has 1 heterocycles. The zero-order valence-corrected chi connectivity index (χ0v) is 17.3. The quantitative estimate of drug-likeness (QED) is 0.520. The second kappa shape index (κ2) is 10.4. The molecule has 8 nitrogen and oxygen atoms in total. The number of H-pyrrole nitrogens is 1. The van der Waals surface area contributed by atoms with E-state index in [1.165, 1.54) is 0 Å². The Bertz CT molecular complexity index is 936. The number of esters is 1. The predicted octanol–water partition coefficient (Wildman–Crippen LogP) is 2.85. The third kappa shape index (κ3) is 5.43. The molecule has 0 saturated carbocycles. The molecular weight excluding hydrogens is 374 g/mol. The number of nitrogens with one attached hydrogen (secondary N) is 2. The van der Waals surface area contributed by atoms with Crippen LogP contribution in [0.15, 0.2) is 23.0 Å². The number of aromatic amines is 1. The van der Waals surface area contributed by atoms with Crippen molar-refractivity contribution in [1.82, 2.24) is 9.97 Å². The first-order valence-corrected chi connectivity index (χ1v) is 9.82. The van der Waals surface area contributed by atoms with Gasteiger partial charge < -0.3 is 19.8 Å². The van der Waals surface area contributed by atoms with Crippen molar-refractivity contribution in [2.45, 2.75) is 47.0 Å². The largest absolute Gasteiger partial charge is 0.493 e. The lowest BCUT2D eigenvalue weighted by Gasteiger charge is -2.14. The van der Waals surface area contributed by atoms with E-state index in [-0.39, 0.29) is 12.2 Å². The van der Waals surface area contributed by atoms with Crippen LogP contribution >= 0.6 is 0 Å². The van der Waals surface area contributed by atoms with E-state index in [1.54, 1.807) is 25.1 Å². The van der Waals surface area contributed by atoms with Crippen LogP contribution in [0, 0.1) is 0 Å². The summed E-state index contributed by atoms with van der Waals surface area (Å²) in [6.07, 6.45) is 2.00. The summed E-state index contributed by atoms with van der Waals surface area (Å²) in [5.41, 5.74) is 2.06. The lowest BCUT2D eigenvalue weighted by molar-refractivity contribution is -0.152. The number of benzene rings is 1. The van der Waals surface area contributed by atoms with Gasteiger partial charge >= 0.3 is 11.9 Å². The topological polar surface area (TPSA) is 110 Å². The fourth-order valence-corrected chi connectivity index (χ4v) is 2.84. The van der Waals surface area contributed by atoms with Gasteiger partial charge in [-0.2, -0.15) is 0 Å². The standard InChI is InChI=1S/C21H27N3O5/c1-5-11-29-17-10-9-13(22-20(26)21(27)28-8-4)12-15(17)18-23-16(7-3)14(6-2)19(25)24-18/h9-10,12H,5-8,11H2,1-4H3,(H,22,26)(H,23,24,25). The average molecular weight is 401 g/mol. The van der Waals surface area contributed by atoms with Crippen molar-refractivity contribution in [2.75, 3.05) is 18.5 Å². The second-order valence-electron chi connectivity index (χ2n) is 6.28. The number of hydrogen-bond donors (Lipinski definition) is 2. The van der Waals surface area contributed by atoms with E-state index in [0.717, 1.165) is 6.42 Å². The van der Waals surface area contributed by atoms with E-state index in [4.69, 9.17) is 9.47 Å². The maximum absolute atomic E-state index is 12.5. The van der Waals surface area contributed by atoms with Gasteiger partial charge in [0.2, 0.25) is 0 Å². The Morgan fingerprint density at radius 2 is 1.90 bits per heavy atom. The first-order valence-electron chi connectivity index (χ1n) is 9.82. The number of carbonyl (C=O) groups is 2. The van der Waals surface area contributed by atoms with Crippen molar-refractivity contribution in [3.05, 3.63) is 39.8 Å². The number of aryl methyl sites for hydroxylation is 1. The predicted molar refractivity (Wildman–Crippen MR) is 110 cm³/mol. The first kappa shape index (κ1) is 22.1. The van der Waals surface area contributed by atoms with Crippen LogP contribution in [0.2, 0.25) is 0 Å². The summed E-state index contributed by atoms with van der Waals surface area (Å²) in [6, 6.07) is 4.90. The molecule has 0 bridgehead atoms. The van der Waals surface area contributed by atoms with Crippen molar-refractivity contribution in [2.24, 2.45) is 0 Å². The molecular formula is C21H27N3O5. The number of aromatic nitrogens is 2. The van der Waals surface area contributed by atoms with Crippen LogP contribution in [0.25, 0.3) is 11.4 Å². The maximum Gasteiger partial charge on any atom is 0.397 e. The SMILES string of the molecule is CCCOc1ccc(NC(=O)C(=O)OCC)cc1-c1nc(CC)c(CC)c(=O)[nH]1. The minimum atomic E-state index is -0.965. The molecule has 2 N–H and O–H groups in total. The number of nitrogens with zero attached hydrogens (tertiary/aromatic N) is 1. The molecule has 8 heteroatoms. The van der Waals surface area contributed by atoms with Gasteiger partial charge in [-0.15, -0.1) is 0 Å². The molecule has 2 aromatic rings. The highest BCUT2D eigenvalue weighted by Crippen LogP contribution is 2.31. The Hall–Kier alpha value is -3.16. The number of hydrogen-bond acceptors (Lipinski definition) is 6. The van der Waals surface area contributed by atoms with Crippen LogP contribution in [0.1, 0.15) is 45.4 Å². The molecule has 0 aliphatic rings. The molecule has 1 amide bonds. The third-order valence-electron chi connectivity index (χ3n) is 4.20. The van der Waals surface area contributed by atoms with E-state index in [2.05, 4.69) is 15.3 Å². The zero-order chi connectivity index (χ0) is 21.4. The highest BCUT2D eigenvalue weighted by molar-refractivity contribution is 6.37. The fourth-order valence-electron chi connectivity index (χ4n) is 2.84. The molecule has 0 radical (unpaired) electrons. The van der Waals surface area contributed by atoms with Crippen LogP contribution in [0.4, 0.5) is 5.69 Å². The molecule has 0 spiro atoms. The summed E-state index contributed by atoms with van der Waals surface area (Å²) in [5, 5.41) is 2.50. The number of amides is 1. The smallest absolute Gasteiger partial charge is 0.397 e. The first-order chi connectivity index (χ1) is 13.9. The van der Waals surface area contributed by atoms with E-state index >= 15 is 0 Å². The molecule has 0 atom stereocenters. The van der Waals surface area contributed by atoms with Crippen molar-refractivity contribution in [1.29, 1.82) is 0 Å². The van der Waals surface area contributed by atoms with E-state index < -0.39 is 11.9 Å². The van der Waals surface area contributed by atoms with Crippen LogP contribution < -0.4 is 15.6 Å². The van der Waals surface area contributed by atoms with E-state index in [1.807, 2.05) is 20.8 Å². The van der Waals surface area contributed by atoms with Gasteiger partial charge in [0.05, 0.1) is 24.5 Å². The normalized spacial score (nSPS) is 10.5. The number of anilines is 1. The molecule has 0 saturated heterocycles. The summed E-state index contributed by atoms with van der Waals surface area (Å²) in [7, 11) is 0. The molecule has 0 aliphatic carbocycles. The Morgan fingerprint density at radius 1 is 1.14 bits per heavy atom. The molecule has 0 unspecified atom stereocenters. The zero-order valence-electron chi connectivity index (χ0n) is 17.3. The number of carbonyl (C=O) groups excluding carboxylic acids is 2. The van der Waals surface area contributed by atoms with E-state index in [9.17, 15) is 14.4 Å². The van der Waals surface area contributed by atoms with Gasteiger partial charge in [-0.25, -0.2) is 9.78 Å². The lowest BCUT2D eigenvalue weighted by atomic mass is 10.1. The Kier molecular flexibility index (Phi) is 7.94. The Balaban J connectivity index is 2.50.